The highest BCUT2D eigenvalue weighted by atomic mass is 16.5. The van der Waals surface area contributed by atoms with E-state index in [1.165, 1.54) is 7.11 Å². The first-order valence-electron chi connectivity index (χ1n) is 6.90. The Morgan fingerprint density at radius 1 is 0.909 bits per heavy atom. The predicted molar refractivity (Wildman–Crippen MR) is 85.8 cm³/mol. The van der Waals surface area contributed by atoms with E-state index in [9.17, 15) is 4.79 Å². The van der Waals surface area contributed by atoms with Crippen LogP contribution in [0.25, 0.3) is 22.1 Å². The molecule has 2 aromatic carbocycles. The third-order valence-electron chi connectivity index (χ3n) is 3.72. The first kappa shape index (κ1) is 14.2. The maximum absolute atomic E-state index is 12.3. The van der Waals surface area contributed by atoms with E-state index in [0.29, 0.717) is 22.6 Å². The number of hydrogen-bond donors (Lipinski definition) is 0. The van der Waals surface area contributed by atoms with Gasteiger partial charge in [-0.25, -0.2) is 4.79 Å². The summed E-state index contributed by atoms with van der Waals surface area (Å²) in [7, 11) is 3.11. The molecule has 0 N–H and O–H groups in total. The molecule has 0 saturated carbocycles. The van der Waals surface area contributed by atoms with Crippen molar-refractivity contribution in [1.29, 1.82) is 0 Å². The summed E-state index contributed by atoms with van der Waals surface area (Å²) in [5.41, 5.74) is 1.37. The molecule has 3 rings (SSSR count). The Balaban J connectivity index is 2.36. The fourth-order valence-corrected chi connectivity index (χ4v) is 2.57. The number of fused-ring (bicyclic) bond motifs is 1. The molecule has 22 heavy (non-hydrogen) atoms. The number of benzene rings is 2. The van der Waals surface area contributed by atoms with Crippen LogP contribution in [0.2, 0.25) is 0 Å². The van der Waals surface area contributed by atoms with Crippen LogP contribution in [0.15, 0.2) is 51.7 Å². The van der Waals surface area contributed by atoms with E-state index in [1.54, 1.807) is 13.2 Å². The number of rotatable bonds is 3. The van der Waals surface area contributed by atoms with Crippen LogP contribution in [-0.4, -0.2) is 14.2 Å². The highest BCUT2D eigenvalue weighted by Crippen LogP contribution is 2.35. The smallest absolute Gasteiger partial charge is 0.344 e. The minimum Gasteiger partial charge on any atom is -0.493 e. The Hall–Kier alpha value is -2.75. The largest absolute Gasteiger partial charge is 0.493 e. The highest BCUT2D eigenvalue weighted by molar-refractivity contribution is 5.91. The van der Waals surface area contributed by atoms with Crippen molar-refractivity contribution in [3.63, 3.8) is 0 Å². The molecule has 1 heterocycles. The minimum absolute atomic E-state index is 0.389. The molecule has 112 valence electrons. The SMILES string of the molecule is COc1cc2c(C)c(-c3ccccc3)oc(=O)c2cc1OC. The monoisotopic (exact) mass is 296 g/mol. The Morgan fingerprint density at radius 3 is 2.09 bits per heavy atom. The van der Waals surface area contributed by atoms with Gasteiger partial charge in [0.2, 0.25) is 0 Å². The van der Waals surface area contributed by atoms with Gasteiger partial charge >= 0.3 is 5.63 Å². The molecule has 4 heteroatoms. The van der Waals surface area contributed by atoms with Gasteiger partial charge in [0.1, 0.15) is 5.76 Å². The molecule has 0 atom stereocenters. The van der Waals surface area contributed by atoms with Crippen molar-refractivity contribution in [2.45, 2.75) is 6.92 Å². The fourth-order valence-electron chi connectivity index (χ4n) is 2.57. The molecule has 0 aliphatic heterocycles. The van der Waals surface area contributed by atoms with E-state index in [-0.39, 0.29) is 5.63 Å². The zero-order valence-electron chi connectivity index (χ0n) is 12.7. The second kappa shape index (κ2) is 5.56. The average Bonchev–Trinajstić information content (AvgIpc) is 2.57. The summed E-state index contributed by atoms with van der Waals surface area (Å²) >= 11 is 0. The molecule has 0 radical (unpaired) electrons. The number of methoxy groups -OCH3 is 2. The lowest BCUT2D eigenvalue weighted by Crippen LogP contribution is -2.04. The summed E-state index contributed by atoms with van der Waals surface area (Å²) in [5, 5.41) is 1.28. The Bertz CT molecular complexity index is 879. The van der Waals surface area contributed by atoms with Crippen LogP contribution >= 0.6 is 0 Å². The van der Waals surface area contributed by atoms with Gasteiger partial charge in [-0.3, -0.25) is 0 Å². The molecular formula is C18H16O4. The lowest BCUT2D eigenvalue weighted by atomic mass is 10.0. The van der Waals surface area contributed by atoms with E-state index in [2.05, 4.69) is 0 Å². The van der Waals surface area contributed by atoms with E-state index in [0.717, 1.165) is 16.5 Å². The van der Waals surface area contributed by atoms with Crippen molar-refractivity contribution < 1.29 is 13.9 Å². The van der Waals surface area contributed by atoms with Crippen LogP contribution in [-0.2, 0) is 0 Å². The number of aryl methyl sites for hydroxylation is 1. The molecule has 3 aromatic rings. The molecule has 1 aromatic heterocycles. The minimum atomic E-state index is -0.389. The molecule has 0 aliphatic carbocycles. The van der Waals surface area contributed by atoms with Gasteiger partial charge in [-0.1, -0.05) is 30.3 Å². The Kier molecular flexibility index (Phi) is 3.59. The van der Waals surface area contributed by atoms with E-state index < -0.39 is 0 Å². The van der Waals surface area contributed by atoms with E-state index >= 15 is 0 Å². The summed E-state index contributed by atoms with van der Waals surface area (Å²) in [4.78, 5) is 12.3. The lowest BCUT2D eigenvalue weighted by Gasteiger charge is -2.12. The van der Waals surface area contributed by atoms with Crippen LogP contribution in [0.5, 0.6) is 11.5 Å². The summed E-state index contributed by atoms with van der Waals surface area (Å²) in [6.07, 6.45) is 0. The van der Waals surface area contributed by atoms with E-state index in [4.69, 9.17) is 13.9 Å². The van der Waals surface area contributed by atoms with Gasteiger partial charge in [0.05, 0.1) is 19.6 Å². The van der Waals surface area contributed by atoms with Gasteiger partial charge in [-0.05, 0) is 24.4 Å². The fraction of sp³-hybridized carbons (Fsp3) is 0.167. The van der Waals surface area contributed by atoms with Crippen LogP contribution in [0.1, 0.15) is 5.56 Å². The molecule has 0 unspecified atom stereocenters. The van der Waals surface area contributed by atoms with Crippen LogP contribution in [0.4, 0.5) is 0 Å². The molecule has 0 amide bonds. The predicted octanol–water partition coefficient (Wildman–Crippen LogP) is 3.79. The van der Waals surface area contributed by atoms with Gasteiger partial charge in [-0.2, -0.15) is 0 Å². The Morgan fingerprint density at radius 2 is 1.50 bits per heavy atom. The normalized spacial score (nSPS) is 10.7. The molecule has 0 spiro atoms. The second-order valence-corrected chi connectivity index (χ2v) is 4.96. The van der Waals surface area contributed by atoms with Gasteiger partial charge < -0.3 is 13.9 Å². The van der Waals surface area contributed by atoms with Crippen molar-refractivity contribution in [2.75, 3.05) is 14.2 Å². The lowest BCUT2D eigenvalue weighted by molar-refractivity contribution is 0.355. The third kappa shape index (κ3) is 2.22. The molecule has 0 aliphatic rings. The first-order chi connectivity index (χ1) is 10.7. The van der Waals surface area contributed by atoms with Crippen molar-refractivity contribution >= 4 is 10.8 Å². The molecule has 0 fully saturated rings. The quantitative estimate of drug-likeness (QED) is 0.738. The highest BCUT2D eigenvalue weighted by Gasteiger charge is 2.15. The van der Waals surface area contributed by atoms with Gasteiger partial charge in [0, 0.05) is 11.1 Å². The maximum atomic E-state index is 12.3. The summed E-state index contributed by atoms with van der Waals surface area (Å²) in [5.74, 6) is 1.67. The summed E-state index contributed by atoms with van der Waals surface area (Å²) in [6.45, 7) is 1.93. The van der Waals surface area contributed by atoms with Crippen molar-refractivity contribution in [3.8, 4) is 22.8 Å². The van der Waals surface area contributed by atoms with Crippen molar-refractivity contribution in [3.05, 3.63) is 58.4 Å². The first-order valence-corrected chi connectivity index (χ1v) is 6.90. The van der Waals surface area contributed by atoms with Crippen LogP contribution in [0, 0.1) is 6.92 Å². The molecule has 0 bridgehead atoms. The number of hydrogen-bond acceptors (Lipinski definition) is 4. The topological polar surface area (TPSA) is 48.7 Å². The van der Waals surface area contributed by atoms with Crippen molar-refractivity contribution in [2.24, 2.45) is 0 Å². The molecule has 0 saturated heterocycles. The van der Waals surface area contributed by atoms with Gasteiger partial charge in [0.15, 0.2) is 11.5 Å². The van der Waals surface area contributed by atoms with Gasteiger partial charge in [-0.15, -0.1) is 0 Å². The second-order valence-electron chi connectivity index (χ2n) is 4.96. The summed E-state index contributed by atoms with van der Waals surface area (Å²) < 4.78 is 16.1. The molecule has 4 nitrogen and oxygen atoms in total. The Labute approximate surface area is 127 Å². The number of ether oxygens (including phenoxy) is 2. The average molecular weight is 296 g/mol. The molecular weight excluding hydrogens is 280 g/mol. The third-order valence-corrected chi connectivity index (χ3v) is 3.72. The van der Waals surface area contributed by atoms with Crippen molar-refractivity contribution in [1.82, 2.24) is 0 Å². The standard InChI is InChI=1S/C18H16O4/c1-11-13-9-15(20-2)16(21-3)10-14(13)18(19)22-17(11)12-7-5-4-6-8-12/h4-10H,1-3H3. The summed E-state index contributed by atoms with van der Waals surface area (Å²) in [6, 6.07) is 13.0. The van der Waals surface area contributed by atoms with E-state index in [1.807, 2.05) is 43.3 Å². The zero-order chi connectivity index (χ0) is 15.7. The van der Waals surface area contributed by atoms with Gasteiger partial charge in [0.25, 0.3) is 0 Å². The van der Waals surface area contributed by atoms with Crippen LogP contribution in [0.3, 0.4) is 0 Å². The zero-order valence-corrected chi connectivity index (χ0v) is 12.7. The van der Waals surface area contributed by atoms with Crippen LogP contribution < -0.4 is 15.1 Å². The maximum Gasteiger partial charge on any atom is 0.344 e.